The van der Waals surface area contributed by atoms with Crippen LogP contribution in [0.25, 0.3) is 0 Å². The Morgan fingerprint density at radius 1 is 1.00 bits per heavy atom. The molecule has 120 valence electrons. The average Bonchev–Trinajstić information content (AvgIpc) is 3.12. The van der Waals surface area contributed by atoms with Crippen molar-refractivity contribution in [3.05, 3.63) is 71.8 Å². The highest BCUT2D eigenvalue weighted by Crippen LogP contribution is 2.41. The number of carbonyl (C=O) groups is 1. The quantitative estimate of drug-likeness (QED) is 0.870. The molecule has 0 heterocycles. The van der Waals surface area contributed by atoms with Crippen molar-refractivity contribution in [2.24, 2.45) is 0 Å². The summed E-state index contributed by atoms with van der Waals surface area (Å²) in [7, 11) is 0. The summed E-state index contributed by atoms with van der Waals surface area (Å²) in [6.07, 6.45) is 4.19. The molecule has 0 saturated heterocycles. The van der Waals surface area contributed by atoms with E-state index in [0.717, 1.165) is 25.7 Å². The first-order chi connectivity index (χ1) is 11.2. The Bertz CT molecular complexity index is 629. The Balaban J connectivity index is 1.71. The lowest BCUT2D eigenvalue weighted by molar-refractivity contribution is -0.126. The van der Waals surface area contributed by atoms with Crippen LogP contribution in [-0.2, 0) is 10.2 Å². The number of rotatable bonds is 5. The lowest BCUT2D eigenvalue weighted by atomic mass is 9.78. The molecule has 1 amide bonds. The van der Waals surface area contributed by atoms with Crippen LogP contribution >= 0.6 is 0 Å². The van der Waals surface area contributed by atoms with Gasteiger partial charge in [-0.1, -0.05) is 80.4 Å². The molecule has 2 nitrogen and oxygen atoms in total. The Morgan fingerprint density at radius 2 is 1.57 bits per heavy atom. The first-order valence-corrected chi connectivity index (χ1v) is 8.61. The van der Waals surface area contributed by atoms with Crippen molar-refractivity contribution in [3.63, 3.8) is 0 Å². The highest BCUT2D eigenvalue weighted by atomic mass is 16.2. The summed E-state index contributed by atoms with van der Waals surface area (Å²) in [5, 5.41) is 3.22. The Labute approximate surface area is 138 Å². The van der Waals surface area contributed by atoms with Crippen LogP contribution in [0.2, 0.25) is 0 Å². The highest BCUT2D eigenvalue weighted by molar-refractivity contribution is 5.88. The fourth-order valence-corrected chi connectivity index (χ4v) is 3.70. The number of amides is 1. The van der Waals surface area contributed by atoms with Crippen molar-refractivity contribution >= 4 is 5.91 Å². The topological polar surface area (TPSA) is 29.1 Å². The zero-order valence-electron chi connectivity index (χ0n) is 13.8. The van der Waals surface area contributed by atoms with Crippen molar-refractivity contribution in [1.29, 1.82) is 0 Å². The fraction of sp³-hybridized carbons (Fsp3) is 0.381. The van der Waals surface area contributed by atoms with Gasteiger partial charge in [0.05, 0.1) is 5.41 Å². The van der Waals surface area contributed by atoms with E-state index in [1.165, 1.54) is 11.1 Å². The Morgan fingerprint density at radius 3 is 2.17 bits per heavy atom. The van der Waals surface area contributed by atoms with Gasteiger partial charge in [-0.15, -0.1) is 0 Å². The standard InChI is InChI=1S/C21H25NO/c1-17(18-10-4-2-5-11-18)16-22-20(23)21(14-8-9-15-21)19-12-6-3-7-13-19/h2-7,10-13,17H,8-9,14-16H2,1H3,(H,22,23)/t17-/m0/s1. The van der Waals surface area contributed by atoms with Gasteiger partial charge < -0.3 is 5.32 Å². The van der Waals surface area contributed by atoms with Gasteiger partial charge in [0.1, 0.15) is 0 Å². The lowest BCUT2D eigenvalue weighted by Crippen LogP contribution is -2.43. The molecule has 2 aromatic carbocycles. The van der Waals surface area contributed by atoms with Gasteiger partial charge in [0, 0.05) is 6.54 Å². The molecule has 0 unspecified atom stereocenters. The second-order valence-electron chi connectivity index (χ2n) is 6.68. The van der Waals surface area contributed by atoms with Crippen molar-refractivity contribution in [2.45, 2.75) is 43.9 Å². The number of carbonyl (C=O) groups excluding carboxylic acids is 1. The largest absolute Gasteiger partial charge is 0.355 e. The fourth-order valence-electron chi connectivity index (χ4n) is 3.70. The second kappa shape index (κ2) is 6.99. The molecule has 23 heavy (non-hydrogen) atoms. The van der Waals surface area contributed by atoms with E-state index in [2.05, 4.69) is 48.6 Å². The van der Waals surface area contributed by atoms with Gasteiger partial charge in [0.25, 0.3) is 0 Å². The monoisotopic (exact) mass is 307 g/mol. The number of hydrogen-bond acceptors (Lipinski definition) is 1. The van der Waals surface area contributed by atoms with E-state index in [-0.39, 0.29) is 11.3 Å². The summed E-state index contributed by atoms with van der Waals surface area (Å²) in [4.78, 5) is 13.0. The average molecular weight is 307 g/mol. The molecule has 1 saturated carbocycles. The van der Waals surface area contributed by atoms with Crippen molar-refractivity contribution in [2.75, 3.05) is 6.54 Å². The first-order valence-electron chi connectivity index (χ1n) is 8.61. The minimum Gasteiger partial charge on any atom is -0.355 e. The molecule has 1 aliphatic carbocycles. The minimum atomic E-state index is -0.322. The third-order valence-electron chi connectivity index (χ3n) is 5.16. The predicted octanol–water partition coefficient (Wildman–Crippen LogP) is 4.42. The molecule has 0 aliphatic heterocycles. The molecule has 0 radical (unpaired) electrons. The van der Waals surface area contributed by atoms with E-state index in [1.54, 1.807) is 0 Å². The van der Waals surface area contributed by atoms with E-state index in [4.69, 9.17) is 0 Å². The first kappa shape index (κ1) is 15.8. The number of hydrogen-bond donors (Lipinski definition) is 1. The van der Waals surface area contributed by atoms with Crippen LogP contribution in [0.1, 0.15) is 49.7 Å². The van der Waals surface area contributed by atoms with Gasteiger partial charge in [-0.3, -0.25) is 4.79 Å². The maximum Gasteiger partial charge on any atom is 0.230 e. The van der Waals surface area contributed by atoms with Crippen LogP contribution in [-0.4, -0.2) is 12.5 Å². The molecule has 1 aliphatic rings. The molecular formula is C21H25NO. The zero-order chi connectivity index (χ0) is 16.1. The van der Waals surface area contributed by atoms with Crippen LogP contribution < -0.4 is 5.32 Å². The molecule has 1 fully saturated rings. The van der Waals surface area contributed by atoms with Crippen LogP contribution in [0.15, 0.2) is 60.7 Å². The molecule has 0 spiro atoms. The molecule has 2 aromatic rings. The van der Waals surface area contributed by atoms with E-state index in [0.29, 0.717) is 12.5 Å². The summed E-state index contributed by atoms with van der Waals surface area (Å²) in [5.41, 5.74) is 2.12. The van der Waals surface area contributed by atoms with Crippen LogP contribution in [0.3, 0.4) is 0 Å². The smallest absolute Gasteiger partial charge is 0.230 e. The molecule has 1 N–H and O–H groups in total. The summed E-state index contributed by atoms with van der Waals surface area (Å²) in [6, 6.07) is 20.7. The van der Waals surface area contributed by atoms with Crippen molar-refractivity contribution < 1.29 is 4.79 Å². The number of benzene rings is 2. The zero-order valence-corrected chi connectivity index (χ0v) is 13.8. The number of nitrogens with one attached hydrogen (secondary N) is 1. The predicted molar refractivity (Wildman–Crippen MR) is 94.5 cm³/mol. The maximum absolute atomic E-state index is 13.0. The molecule has 0 bridgehead atoms. The Hall–Kier alpha value is -2.09. The second-order valence-corrected chi connectivity index (χ2v) is 6.68. The molecule has 2 heteroatoms. The maximum atomic E-state index is 13.0. The van der Waals surface area contributed by atoms with E-state index in [1.807, 2.05) is 24.3 Å². The summed E-state index contributed by atoms with van der Waals surface area (Å²) in [6.45, 7) is 2.86. The van der Waals surface area contributed by atoms with E-state index in [9.17, 15) is 4.79 Å². The summed E-state index contributed by atoms with van der Waals surface area (Å²) < 4.78 is 0. The molecule has 3 rings (SSSR count). The van der Waals surface area contributed by atoms with Gasteiger partial charge in [-0.05, 0) is 29.9 Å². The lowest BCUT2D eigenvalue weighted by Gasteiger charge is -2.29. The SMILES string of the molecule is C[C@@H](CNC(=O)C1(c2ccccc2)CCCC1)c1ccccc1. The molecule has 0 aromatic heterocycles. The summed E-state index contributed by atoms with van der Waals surface area (Å²) >= 11 is 0. The molecule has 1 atom stereocenters. The summed E-state index contributed by atoms with van der Waals surface area (Å²) in [5.74, 6) is 0.526. The third-order valence-corrected chi connectivity index (χ3v) is 5.16. The third kappa shape index (κ3) is 3.31. The van der Waals surface area contributed by atoms with Gasteiger partial charge in [-0.25, -0.2) is 0 Å². The van der Waals surface area contributed by atoms with Gasteiger partial charge in [0.2, 0.25) is 5.91 Å². The van der Waals surface area contributed by atoms with E-state index < -0.39 is 0 Å². The minimum absolute atomic E-state index is 0.198. The van der Waals surface area contributed by atoms with Crippen molar-refractivity contribution in [1.82, 2.24) is 5.32 Å². The Kier molecular flexibility index (Phi) is 4.80. The van der Waals surface area contributed by atoms with Gasteiger partial charge >= 0.3 is 0 Å². The van der Waals surface area contributed by atoms with Crippen LogP contribution in [0.4, 0.5) is 0 Å². The normalized spacial score (nSPS) is 17.6. The van der Waals surface area contributed by atoms with Crippen molar-refractivity contribution in [3.8, 4) is 0 Å². The van der Waals surface area contributed by atoms with Gasteiger partial charge in [0.15, 0.2) is 0 Å². The molecular weight excluding hydrogens is 282 g/mol. The van der Waals surface area contributed by atoms with E-state index >= 15 is 0 Å². The van der Waals surface area contributed by atoms with Gasteiger partial charge in [-0.2, -0.15) is 0 Å². The highest BCUT2D eigenvalue weighted by Gasteiger charge is 2.42. The van der Waals surface area contributed by atoms with Crippen LogP contribution in [0.5, 0.6) is 0 Å². The van der Waals surface area contributed by atoms with Crippen LogP contribution in [0, 0.1) is 0 Å².